The Morgan fingerprint density at radius 3 is 2.79 bits per heavy atom. The molecule has 0 spiro atoms. The van der Waals surface area contributed by atoms with Crippen molar-refractivity contribution in [3.8, 4) is 0 Å². The van der Waals surface area contributed by atoms with Crippen molar-refractivity contribution >= 4 is 6.09 Å². The number of hydrogen-bond donors (Lipinski definition) is 2. The zero-order chi connectivity index (χ0) is 10.7. The molecular weight excluding hydrogens is 184 g/mol. The molecule has 1 saturated heterocycles. The van der Waals surface area contributed by atoms with Crippen LogP contribution >= 0.6 is 0 Å². The van der Waals surface area contributed by atoms with E-state index in [0.717, 1.165) is 19.4 Å². The fourth-order valence-corrected chi connectivity index (χ4v) is 1.87. The fourth-order valence-electron chi connectivity index (χ4n) is 1.87. The third kappa shape index (κ3) is 2.36. The second kappa shape index (κ2) is 4.61. The first-order valence-corrected chi connectivity index (χ1v) is 4.83. The number of carbonyl (C=O) groups is 1. The molecule has 1 heterocycles. The lowest BCUT2D eigenvalue weighted by Gasteiger charge is -2.39. The normalized spacial score (nSPS) is 28.8. The van der Waals surface area contributed by atoms with Crippen molar-refractivity contribution in [2.75, 3.05) is 27.2 Å². The molecule has 1 aliphatic rings. The number of hydrogen-bond acceptors (Lipinski definition) is 3. The van der Waals surface area contributed by atoms with Crippen LogP contribution in [-0.4, -0.2) is 65.4 Å². The van der Waals surface area contributed by atoms with Gasteiger partial charge in [-0.2, -0.15) is 0 Å². The van der Waals surface area contributed by atoms with Crippen LogP contribution in [0.15, 0.2) is 0 Å². The number of likely N-dealkylation sites (tertiary alicyclic amines) is 1. The van der Waals surface area contributed by atoms with Crippen molar-refractivity contribution in [1.29, 1.82) is 0 Å². The van der Waals surface area contributed by atoms with Gasteiger partial charge in [0.05, 0.1) is 6.61 Å². The minimum Gasteiger partial charge on any atom is -0.465 e. The minimum atomic E-state index is -0.892. The number of piperidine rings is 1. The highest BCUT2D eigenvalue weighted by Crippen LogP contribution is 2.19. The fraction of sp³-hybridized carbons (Fsp3) is 0.889. The van der Waals surface area contributed by atoms with Crippen LogP contribution in [0.4, 0.5) is 4.79 Å². The summed E-state index contributed by atoms with van der Waals surface area (Å²) in [6.07, 6.45) is 0.669. The van der Waals surface area contributed by atoms with Crippen molar-refractivity contribution in [3.63, 3.8) is 0 Å². The van der Waals surface area contributed by atoms with Crippen molar-refractivity contribution < 1.29 is 15.0 Å². The maximum Gasteiger partial charge on any atom is 0.407 e. The van der Waals surface area contributed by atoms with E-state index in [2.05, 4.69) is 4.90 Å². The van der Waals surface area contributed by atoms with Crippen LogP contribution in [0.3, 0.4) is 0 Å². The first kappa shape index (κ1) is 11.3. The smallest absolute Gasteiger partial charge is 0.407 e. The van der Waals surface area contributed by atoms with E-state index in [9.17, 15) is 4.79 Å². The molecule has 0 radical (unpaired) electrons. The topological polar surface area (TPSA) is 64.0 Å². The number of aliphatic hydroxyl groups is 1. The summed E-state index contributed by atoms with van der Waals surface area (Å²) < 4.78 is 0. The van der Waals surface area contributed by atoms with E-state index in [1.807, 2.05) is 7.05 Å². The highest BCUT2D eigenvalue weighted by molar-refractivity contribution is 5.64. The number of amides is 1. The maximum atomic E-state index is 10.7. The molecule has 82 valence electrons. The number of nitrogens with zero attached hydrogens (tertiary/aromatic N) is 2. The third-order valence-corrected chi connectivity index (χ3v) is 3.04. The van der Waals surface area contributed by atoms with E-state index < -0.39 is 6.09 Å². The van der Waals surface area contributed by atoms with Crippen LogP contribution in [-0.2, 0) is 0 Å². The Kier molecular flexibility index (Phi) is 3.71. The molecular formula is C9H18N2O3. The first-order valence-electron chi connectivity index (χ1n) is 4.83. The summed E-state index contributed by atoms with van der Waals surface area (Å²) in [5.41, 5.74) is 0. The third-order valence-electron chi connectivity index (χ3n) is 3.04. The quantitative estimate of drug-likeness (QED) is 0.664. The SMILES string of the molecule is CN1CCC(N(C)C(=O)O)CC1CO. The summed E-state index contributed by atoms with van der Waals surface area (Å²) in [4.78, 5) is 14.1. The Hall–Kier alpha value is -0.810. The first-order chi connectivity index (χ1) is 6.56. The van der Waals surface area contributed by atoms with Gasteiger partial charge in [-0.15, -0.1) is 0 Å². The lowest BCUT2D eigenvalue weighted by atomic mass is 9.97. The Bertz CT molecular complexity index is 210. The molecule has 1 rings (SSSR count). The number of aliphatic hydroxyl groups excluding tert-OH is 1. The Balaban J connectivity index is 2.54. The van der Waals surface area contributed by atoms with E-state index in [1.165, 1.54) is 4.90 Å². The average molecular weight is 202 g/mol. The van der Waals surface area contributed by atoms with Gasteiger partial charge >= 0.3 is 6.09 Å². The summed E-state index contributed by atoms with van der Waals surface area (Å²) in [5.74, 6) is 0. The molecule has 0 aromatic heterocycles. The summed E-state index contributed by atoms with van der Waals surface area (Å²) in [7, 11) is 3.55. The van der Waals surface area contributed by atoms with E-state index in [4.69, 9.17) is 10.2 Å². The Morgan fingerprint density at radius 1 is 1.64 bits per heavy atom. The minimum absolute atomic E-state index is 0.0425. The van der Waals surface area contributed by atoms with E-state index in [-0.39, 0.29) is 18.7 Å². The average Bonchev–Trinajstić information content (AvgIpc) is 2.17. The van der Waals surface area contributed by atoms with Gasteiger partial charge in [-0.25, -0.2) is 4.79 Å². The predicted molar refractivity (Wildman–Crippen MR) is 52.3 cm³/mol. The molecule has 0 bridgehead atoms. The van der Waals surface area contributed by atoms with E-state index in [1.54, 1.807) is 7.05 Å². The van der Waals surface area contributed by atoms with Crippen molar-refractivity contribution in [3.05, 3.63) is 0 Å². The zero-order valence-electron chi connectivity index (χ0n) is 8.68. The molecule has 1 aliphatic heterocycles. The van der Waals surface area contributed by atoms with Crippen LogP contribution < -0.4 is 0 Å². The lowest BCUT2D eigenvalue weighted by molar-refractivity contribution is 0.0595. The van der Waals surface area contributed by atoms with Gasteiger partial charge < -0.3 is 20.0 Å². The standard InChI is InChI=1S/C9H18N2O3/c1-10-4-3-7(5-8(10)6-12)11(2)9(13)14/h7-8,12H,3-6H2,1-2H3,(H,13,14). The van der Waals surface area contributed by atoms with Gasteiger partial charge in [0, 0.05) is 25.7 Å². The van der Waals surface area contributed by atoms with Crippen LogP contribution in [0.1, 0.15) is 12.8 Å². The van der Waals surface area contributed by atoms with Crippen LogP contribution in [0.25, 0.3) is 0 Å². The molecule has 14 heavy (non-hydrogen) atoms. The van der Waals surface area contributed by atoms with Gasteiger partial charge in [0.1, 0.15) is 0 Å². The van der Waals surface area contributed by atoms with Gasteiger partial charge in [-0.3, -0.25) is 0 Å². The van der Waals surface area contributed by atoms with E-state index in [0.29, 0.717) is 0 Å². The monoisotopic (exact) mass is 202 g/mol. The van der Waals surface area contributed by atoms with Gasteiger partial charge in [0.25, 0.3) is 0 Å². The maximum absolute atomic E-state index is 10.7. The van der Waals surface area contributed by atoms with Gasteiger partial charge in [-0.1, -0.05) is 0 Å². The highest BCUT2D eigenvalue weighted by Gasteiger charge is 2.29. The van der Waals surface area contributed by atoms with Crippen LogP contribution in [0.5, 0.6) is 0 Å². The summed E-state index contributed by atoms with van der Waals surface area (Å²) >= 11 is 0. The molecule has 0 aromatic carbocycles. The molecule has 5 heteroatoms. The van der Waals surface area contributed by atoms with Crippen molar-refractivity contribution in [2.45, 2.75) is 24.9 Å². The Morgan fingerprint density at radius 2 is 2.29 bits per heavy atom. The van der Waals surface area contributed by atoms with Gasteiger partial charge in [0.15, 0.2) is 0 Å². The number of rotatable bonds is 2. The molecule has 2 N–H and O–H groups in total. The van der Waals surface area contributed by atoms with Crippen LogP contribution in [0, 0.1) is 0 Å². The lowest BCUT2D eigenvalue weighted by Crippen LogP contribution is -2.50. The number of carboxylic acid groups (broad SMARTS) is 1. The largest absolute Gasteiger partial charge is 0.465 e. The molecule has 2 atom stereocenters. The molecule has 5 nitrogen and oxygen atoms in total. The summed E-state index contributed by atoms with van der Waals surface area (Å²) in [5, 5.41) is 17.9. The van der Waals surface area contributed by atoms with Crippen molar-refractivity contribution in [1.82, 2.24) is 9.80 Å². The zero-order valence-corrected chi connectivity index (χ0v) is 8.68. The second-order valence-corrected chi connectivity index (χ2v) is 3.89. The molecule has 2 unspecified atom stereocenters. The van der Waals surface area contributed by atoms with Crippen LogP contribution in [0.2, 0.25) is 0 Å². The van der Waals surface area contributed by atoms with Gasteiger partial charge in [0.2, 0.25) is 0 Å². The molecule has 0 saturated carbocycles. The molecule has 0 aliphatic carbocycles. The van der Waals surface area contributed by atoms with E-state index >= 15 is 0 Å². The summed E-state index contributed by atoms with van der Waals surface area (Å²) in [6, 6.07) is 0.136. The van der Waals surface area contributed by atoms with Crippen molar-refractivity contribution in [2.24, 2.45) is 0 Å². The molecule has 1 amide bonds. The molecule has 0 aromatic rings. The molecule has 1 fully saturated rings. The highest BCUT2D eigenvalue weighted by atomic mass is 16.4. The predicted octanol–water partition coefficient (Wildman–Crippen LogP) is 0.0513. The Labute approximate surface area is 83.9 Å². The van der Waals surface area contributed by atoms with Gasteiger partial charge in [-0.05, 0) is 19.9 Å². The summed E-state index contributed by atoms with van der Waals surface area (Å²) in [6.45, 7) is 0.938. The second-order valence-electron chi connectivity index (χ2n) is 3.89. The number of likely N-dealkylation sites (N-methyl/N-ethyl adjacent to an activating group) is 1.